The fourth-order valence-electron chi connectivity index (χ4n) is 0.810. The van der Waals surface area contributed by atoms with Crippen LogP contribution in [0, 0.1) is 6.92 Å². The fraction of sp³-hybridized carbons (Fsp3) is 0.100. The SMILES string of the molecule is [CH2]c1ccc(OCC=C)c(Cl)c1. The van der Waals surface area contributed by atoms with Crippen LogP contribution in [-0.2, 0) is 0 Å². The van der Waals surface area contributed by atoms with Crippen molar-refractivity contribution in [1.29, 1.82) is 0 Å². The zero-order valence-electron chi connectivity index (χ0n) is 6.72. The van der Waals surface area contributed by atoms with Crippen LogP contribution in [-0.4, -0.2) is 6.61 Å². The van der Waals surface area contributed by atoms with E-state index >= 15 is 0 Å². The quantitative estimate of drug-likeness (QED) is 0.652. The first-order valence-corrected chi connectivity index (χ1v) is 3.97. The van der Waals surface area contributed by atoms with E-state index in [2.05, 4.69) is 13.5 Å². The molecule has 1 nitrogen and oxygen atoms in total. The van der Waals surface area contributed by atoms with Crippen LogP contribution in [0.3, 0.4) is 0 Å². The molecule has 0 saturated carbocycles. The Kier molecular flexibility index (Phi) is 3.18. The highest BCUT2D eigenvalue weighted by atomic mass is 35.5. The second-order valence-corrected chi connectivity index (χ2v) is 2.77. The minimum atomic E-state index is 0.468. The predicted octanol–water partition coefficient (Wildman–Crippen LogP) is 3.09. The van der Waals surface area contributed by atoms with Gasteiger partial charge in [0.1, 0.15) is 12.4 Å². The van der Waals surface area contributed by atoms with Crippen LogP contribution < -0.4 is 4.74 Å². The lowest BCUT2D eigenvalue weighted by atomic mass is 10.2. The van der Waals surface area contributed by atoms with Crippen molar-refractivity contribution in [3.05, 3.63) is 48.4 Å². The van der Waals surface area contributed by atoms with E-state index in [-0.39, 0.29) is 0 Å². The van der Waals surface area contributed by atoms with Crippen molar-refractivity contribution in [2.45, 2.75) is 0 Å². The Morgan fingerprint density at radius 3 is 2.83 bits per heavy atom. The Morgan fingerprint density at radius 2 is 2.25 bits per heavy atom. The molecule has 0 atom stereocenters. The molecule has 0 aromatic heterocycles. The molecule has 12 heavy (non-hydrogen) atoms. The number of halogens is 1. The van der Waals surface area contributed by atoms with Crippen molar-refractivity contribution in [3.63, 3.8) is 0 Å². The smallest absolute Gasteiger partial charge is 0.138 e. The van der Waals surface area contributed by atoms with Gasteiger partial charge in [0.25, 0.3) is 0 Å². The summed E-state index contributed by atoms with van der Waals surface area (Å²) < 4.78 is 5.26. The van der Waals surface area contributed by atoms with Gasteiger partial charge in [0.15, 0.2) is 0 Å². The van der Waals surface area contributed by atoms with Crippen LogP contribution in [0.15, 0.2) is 30.9 Å². The summed E-state index contributed by atoms with van der Waals surface area (Å²) in [6.07, 6.45) is 1.68. The first kappa shape index (κ1) is 9.14. The van der Waals surface area contributed by atoms with Gasteiger partial charge in [-0.05, 0) is 24.6 Å². The van der Waals surface area contributed by atoms with Gasteiger partial charge in [-0.15, -0.1) is 0 Å². The molecule has 0 aliphatic heterocycles. The van der Waals surface area contributed by atoms with Gasteiger partial charge in [0.2, 0.25) is 0 Å². The summed E-state index contributed by atoms with van der Waals surface area (Å²) in [4.78, 5) is 0. The molecule has 0 spiro atoms. The number of ether oxygens (including phenoxy) is 1. The van der Waals surface area contributed by atoms with Crippen molar-refractivity contribution < 1.29 is 4.74 Å². The Hall–Kier alpha value is -0.950. The molecule has 2 heteroatoms. The van der Waals surface area contributed by atoms with Crippen molar-refractivity contribution in [2.24, 2.45) is 0 Å². The van der Waals surface area contributed by atoms with Gasteiger partial charge < -0.3 is 4.74 Å². The normalized spacial score (nSPS) is 9.50. The molecule has 0 aliphatic rings. The van der Waals surface area contributed by atoms with Crippen molar-refractivity contribution in [3.8, 4) is 5.75 Å². The van der Waals surface area contributed by atoms with Crippen LogP contribution in [0.25, 0.3) is 0 Å². The molecule has 0 fully saturated rings. The van der Waals surface area contributed by atoms with Gasteiger partial charge in [-0.3, -0.25) is 0 Å². The Bertz CT molecular complexity index is 281. The fourth-order valence-corrected chi connectivity index (χ4v) is 1.07. The standard InChI is InChI=1S/C10H10ClO/c1-3-6-12-10-5-4-8(2)7-9(10)11/h3-5,7H,1-2,6H2. The van der Waals surface area contributed by atoms with Gasteiger partial charge in [-0.2, -0.15) is 0 Å². The second kappa shape index (κ2) is 4.17. The average Bonchev–Trinajstić information content (AvgIpc) is 2.03. The molecule has 1 rings (SSSR count). The number of hydrogen-bond donors (Lipinski definition) is 0. The van der Waals surface area contributed by atoms with Gasteiger partial charge in [-0.1, -0.05) is 30.3 Å². The lowest BCUT2D eigenvalue weighted by molar-refractivity contribution is 0.363. The minimum absolute atomic E-state index is 0.468. The van der Waals surface area contributed by atoms with E-state index in [1.165, 1.54) is 0 Å². The third kappa shape index (κ3) is 2.28. The van der Waals surface area contributed by atoms with Crippen LogP contribution in [0.5, 0.6) is 5.75 Å². The Balaban J connectivity index is 2.78. The van der Waals surface area contributed by atoms with Gasteiger partial charge in [-0.25, -0.2) is 0 Å². The highest BCUT2D eigenvalue weighted by Gasteiger charge is 1.99. The molecule has 63 valence electrons. The minimum Gasteiger partial charge on any atom is -0.488 e. The van der Waals surface area contributed by atoms with Crippen LogP contribution in [0.2, 0.25) is 5.02 Å². The summed E-state index contributed by atoms with van der Waals surface area (Å²) in [5.74, 6) is 0.670. The first-order valence-electron chi connectivity index (χ1n) is 3.59. The van der Waals surface area contributed by atoms with E-state index in [9.17, 15) is 0 Å². The monoisotopic (exact) mass is 181 g/mol. The molecule has 0 unspecified atom stereocenters. The molecular formula is C10H10ClO. The zero-order valence-corrected chi connectivity index (χ0v) is 7.47. The molecule has 0 aliphatic carbocycles. The summed E-state index contributed by atoms with van der Waals surface area (Å²) in [7, 11) is 0. The molecule has 0 heterocycles. The molecule has 1 radical (unpaired) electrons. The Morgan fingerprint density at radius 1 is 1.50 bits per heavy atom. The molecule has 0 saturated heterocycles. The molecule has 1 aromatic rings. The van der Waals surface area contributed by atoms with E-state index in [1.54, 1.807) is 18.2 Å². The summed E-state index contributed by atoms with van der Waals surface area (Å²) >= 11 is 5.87. The lowest BCUT2D eigenvalue weighted by Gasteiger charge is -2.05. The number of hydrogen-bond acceptors (Lipinski definition) is 1. The highest BCUT2D eigenvalue weighted by molar-refractivity contribution is 6.32. The lowest BCUT2D eigenvalue weighted by Crippen LogP contribution is -1.93. The molecule has 0 amide bonds. The first-order chi connectivity index (χ1) is 5.74. The Labute approximate surface area is 77.6 Å². The number of rotatable bonds is 3. The van der Waals surface area contributed by atoms with E-state index in [0.717, 1.165) is 5.56 Å². The van der Waals surface area contributed by atoms with E-state index < -0.39 is 0 Å². The summed E-state index contributed by atoms with van der Waals surface area (Å²) in [5.41, 5.74) is 0.881. The van der Waals surface area contributed by atoms with Crippen LogP contribution in [0.4, 0.5) is 0 Å². The molecule has 0 bridgehead atoms. The van der Waals surface area contributed by atoms with E-state index in [4.69, 9.17) is 16.3 Å². The van der Waals surface area contributed by atoms with Crippen LogP contribution >= 0.6 is 11.6 Å². The van der Waals surface area contributed by atoms with Gasteiger partial charge in [0, 0.05) is 0 Å². The van der Waals surface area contributed by atoms with Crippen molar-refractivity contribution >= 4 is 11.6 Å². The zero-order chi connectivity index (χ0) is 8.97. The maximum absolute atomic E-state index is 5.87. The topological polar surface area (TPSA) is 9.23 Å². The van der Waals surface area contributed by atoms with E-state index in [0.29, 0.717) is 17.4 Å². The number of benzene rings is 1. The highest BCUT2D eigenvalue weighted by Crippen LogP contribution is 2.24. The van der Waals surface area contributed by atoms with Gasteiger partial charge >= 0.3 is 0 Å². The maximum atomic E-state index is 5.87. The van der Waals surface area contributed by atoms with Crippen LogP contribution in [0.1, 0.15) is 5.56 Å². The second-order valence-electron chi connectivity index (χ2n) is 2.36. The van der Waals surface area contributed by atoms with Crippen molar-refractivity contribution in [1.82, 2.24) is 0 Å². The van der Waals surface area contributed by atoms with Gasteiger partial charge in [0.05, 0.1) is 5.02 Å². The van der Waals surface area contributed by atoms with E-state index in [1.807, 2.05) is 6.07 Å². The summed E-state index contributed by atoms with van der Waals surface area (Å²) in [6.45, 7) is 7.75. The maximum Gasteiger partial charge on any atom is 0.138 e. The largest absolute Gasteiger partial charge is 0.488 e. The average molecular weight is 182 g/mol. The van der Waals surface area contributed by atoms with Crippen molar-refractivity contribution in [2.75, 3.05) is 6.61 Å². The molecule has 1 aromatic carbocycles. The summed E-state index contributed by atoms with van der Waals surface area (Å²) in [5, 5.41) is 0.587. The third-order valence-electron chi connectivity index (χ3n) is 1.35. The predicted molar refractivity (Wildman–Crippen MR) is 51.6 cm³/mol. The third-order valence-corrected chi connectivity index (χ3v) is 1.65. The summed E-state index contributed by atoms with van der Waals surface area (Å²) in [6, 6.07) is 5.42. The molecular weight excluding hydrogens is 172 g/mol. The molecule has 0 N–H and O–H groups in total.